The summed E-state index contributed by atoms with van der Waals surface area (Å²) < 4.78 is 3.61. The van der Waals surface area contributed by atoms with Crippen LogP contribution >= 0.6 is 28.1 Å². The van der Waals surface area contributed by atoms with Crippen LogP contribution in [0, 0.1) is 4.77 Å². The monoisotopic (exact) mass is 269 g/mol. The summed E-state index contributed by atoms with van der Waals surface area (Å²) in [6.07, 6.45) is 1.70. The molecular formula is C9H8BrN3S. The number of aromatic nitrogens is 3. The second-order valence-corrected chi connectivity index (χ2v) is 4.12. The van der Waals surface area contributed by atoms with Crippen molar-refractivity contribution in [3.63, 3.8) is 0 Å². The van der Waals surface area contributed by atoms with Crippen LogP contribution in [0.25, 0.3) is 0 Å². The maximum Gasteiger partial charge on any atom is 0.195 e. The minimum atomic E-state index is 0.640. The Morgan fingerprint density at radius 3 is 2.86 bits per heavy atom. The summed E-state index contributed by atoms with van der Waals surface area (Å²) in [6, 6.07) is 8.06. The third kappa shape index (κ3) is 1.93. The van der Waals surface area contributed by atoms with Gasteiger partial charge < -0.3 is 4.57 Å². The van der Waals surface area contributed by atoms with Gasteiger partial charge in [0.15, 0.2) is 4.77 Å². The fraction of sp³-hybridized carbons (Fsp3) is 0.111. The number of halogens is 1. The fourth-order valence-corrected chi connectivity index (χ4v) is 1.77. The van der Waals surface area contributed by atoms with E-state index in [1.54, 1.807) is 6.33 Å². The first-order chi connectivity index (χ1) is 6.77. The average Bonchev–Trinajstić information content (AvgIpc) is 2.56. The van der Waals surface area contributed by atoms with Crippen molar-refractivity contribution in [2.45, 2.75) is 6.54 Å². The molecule has 5 heteroatoms. The molecule has 0 saturated heterocycles. The van der Waals surface area contributed by atoms with Crippen LogP contribution in [-0.4, -0.2) is 14.8 Å². The van der Waals surface area contributed by atoms with E-state index < -0.39 is 0 Å². The molecule has 2 rings (SSSR count). The van der Waals surface area contributed by atoms with Gasteiger partial charge in [0.2, 0.25) is 0 Å². The molecule has 0 aliphatic carbocycles. The number of nitrogens with zero attached hydrogens (tertiary/aromatic N) is 2. The molecule has 0 bridgehead atoms. The lowest BCUT2D eigenvalue weighted by Crippen LogP contribution is -1.98. The first-order valence-corrected chi connectivity index (χ1v) is 5.31. The average molecular weight is 270 g/mol. The van der Waals surface area contributed by atoms with Gasteiger partial charge in [0.05, 0.1) is 6.54 Å². The quantitative estimate of drug-likeness (QED) is 0.851. The molecule has 0 fully saturated rings. The summed E-state index contributed by atoms with van der Waals surface area (Å²) in [5, 5.41) is 6.59. The molecule has 0 saturated carbocycles. The topological polar surface area (TPSA) is 33.6 Å². The third-order valence-corrected chi connectivity index (χ3v) is 3.02. The Bertz CT molecular complexity index is 489. The Kier molecular flexibility index (Phi) is 2.79. The van der Waals surface area contributed by atoms with E-state index in [-0.39, 0.29) is 0 Å². The van der Waals surface area contributed by atoms with Crippen molar-refractivity contribution in [1.82, 2.24) is 14.8 Å². The van der Waals surface area contributed by atoms with E-state index in [0.29, 0.717) is 4.77 Å². The zero-order valence-electron chi connectivity index (χ0n) is 7.27. The van der Waals surface area contributed by atoms with E-state index in [1.165, 1.54) is 5.56 Å². The number of benzene rings is 1. The Balaban J connectivity index is 2.32. The van der Waals surface area contributed by atoms with Gasteiger partial charge >= 0.3 is 0 Å². The summed E-state index contributed by atoms with van der Waals surface area (Å²) in [5.74, 6) is 0. The predicted molar refractivity (Wildman–Crippen MR) is 60.7 cm³/mol. The smallest absolute Gasteiger partial charge is 0.195 e. The maximum atomic E-state index is 5.06. The minimum absolute atomic E-state index is 0.640. The molecule has 1 aromatic carbocycles. The summed E-state index contributed by atoms with van der Waals surface area (Å²) in [4.78, 5) is 0. The first kappa shape index (κ1) is 9.61. The van der Waals surface area contributed by atoms with Crippen molar-refractivity contribution in [1.29, 1.82) is 0 Å². The van der Waals surface area contributed by atoms with E-state index >= 15 is 0 Å². The second kappa shape index (κ2) is 4.06. The van der Waals surface area contributed by atoms with Gasteiger partial charge in [-0.3, -0.25) is 5.10 Å². The van der Waals surface area contributed by atoms with Gasteiger partial charge in [-0.15, -0.1) is 0 Å². The van der Waals surface area contributed by atoms with Crippen LogP contribution in [0.5, 0.6) is 0 Å². The molecule has 3 nitrogen and oxygen atoms in total. The van der Waals surface area contributed by atoms with Crippen LogP contribution in [0.15, 0.2) is 35.1 Å². The fourth-order valence-electron chi connectivity index (χ4n) is 1.19. The van der Waals surface area contributed by atoms with Gasteiger partial charge in [0, 0.05) is 4.47 Å². The summed E-state index contributed by atoms with van der Waals surface area (Å²) in [5.41, 5.74) is 1.19. The van der Waals surface area contributed by atoms with Crippen LogP contribution in [0.1, 0.15) is 5.56 Å². The van der Waals surface area contributed by atoms with Crippen LogP contribution in [0.4, 0.5) is 0 Å². The zero-order chi connectivity index (χ0) is 9.97. The van der Waals surface area contributed by atoms with Crippen LogP contribution in [0.3, 0.4) is 0 Å². The molecule has 2 aromatic rings. The van der Waals surface area contributed by atoms with E-state index in [0.717, 1.165) is 11.0 Å². The summed E-state index contributed by atoms with van der Waals surface area (Å²) in [6.45, 7) is 0.733. The molecule has 1 N–H and O–H groups in total. The lowest BCUT2D eigenvalue weighted by Gasteiger charge is -2.03. The number of hydrogen-bond acceptors (Lipinski definition) is 2. The van der Waals surface area contributed by atoms with Crippen LogP contribution in [0.2, 0.25) is 0 Å². The Morgan fingerprint density at radius 2 is 2.21 bits per heavy atom. The van der Waals surface area contributed by atoms with Crippen molar-refractivity contribution in [3.05, 3.63) is 45.4 Å². The van der Waals surface area contributed by atoms with Crippen molar-refractivity contribution in [2.75, 3.05) is 0 Å². The van der Waals surface area contributed by atoms with Crippen LogP contribution < -0.4 is 0 Å². The largest absolute Gasteiger partial charge is 0.302 e. The highest BCUT2D eigenvalue weighted by Crippen LogP contribution is 2.16. The Labute approximate surface area is 94.9 Å². The molecule has 1 aromatic heterocycles. The lowest BCUT2D eigenvalue weighted by atomic mass is 10.2. The highest BCUT2D eigenvalue weighted by atomic mass is 79.9. The minimum Gasteiger partial charge on any atom is -0.302 e. The molecular weight excluding hydrogens is 262 g/mol. The van der Waals surface area contributed by atoms with Gasteiger partial charge in [0.1, 0.15) is 6.33 Å². The van der Waals surface area contributed by atoms with E-state index in [2.05, 4.69) is 32.2 Å². The summed E-state index contributed by atoms with van der Waals surface area (Å²) >= 11 is 8.55. The SMILES string of the molecule is S=c1[nH]ncn1Cc1ccccc1Br. The van der Waals surface area contributed by atoms with Crippen molar-refractivity contribution in [2.24, 2.45) is 0 Å². The predicted octanol–water partition coefficient (Wildman–Crippen LogP) is 2.75. The highest BCUT2D eigenvalue weighted by molar-refractivity contribution is 9.10. The molecule has 0 aliphatic rings. The number of rotatable bonds is 2. The third-order valence-electron chi connectivity index (χ3n) is 1.92. The molecule has 72 valence electrons. The number of H-pyrrole nitrogens is 1. The molecule has 0 atom stereocenters. The second-order valence-electron chi connectivity index (χ2n) is 2.88. The lowest BCUT2D eigenvalue weighted by molar-refractivity contribution is 0.779. The van der Waals surface area contributed by atoms with Crippen molar-refractivity contribution in [3.8, 4) is 0 Å². The Morgan fingerprint density at radius 1 is 1.43 bits per heavy atom. The molecule has 0 amide bonds. The molecule has 0 aliphatic heterocycles. The molecule has 0 unspecified atom stereocenters. The van der Waals surface area contributed by atoms with Crippen molar-refractivity contribution < 1.29 is 0 Å². The van der Waals surface area contributed by atoms with Gasteiger partial charge in [-0.1, -0.05) is 34.1 Å². The molecule has 0 spiro atoms. The molecule has 0 radical (unpaired) electrons. The van der Waals surface area contributed by atoms with Crippen molar-refractivity contribution >= 4 is 28.1 Å². The number of hydrogen-bond donors (Lipinski definition) is 1. The normalized spacial score (nSPS) is 10.4. The standard InChI is InChI=1S/C9H8BrN3S/c10-8-4-2-1-3-7(8)5-13-6-11-12-9(13)14/h1-4,6H,5H2,(H,12,14). The van der Waals surface area contributed by atoms with E-state index in [9.17, 15) is 0 Å². The van der Waals surface area contributed by atoms with Gasteiger partial charge in [-0.2, -0.15) is 5.10 Å². The first-order valence-electron chi connectivity index (χ1n) is 4.10. The van der Waals surface area contributed by atoms with E-state index in [4.69, 9.17) is 12.2 Å². The Hall–Kier alpha value is -0.940. The van der Waals surface area contributed by atoms with Gasteiger partial charge in [0.25, 0.3) is 0 Å². The highest BCUT2D eigenvalue weighted by Gasteiger charge is 2.00. The van der Waals surface area contributed by atoms with Crippen LogP contribution in [-0.2, 0) is 6.54 Å². The van der Waals surface area contributed by atoms with E-state index in [1.807, 2.05) is 22.8 Å². The van der Waals surface area contributed by atoms with Gasteiger partial charge in [-0.25, -0.2) is 0 Å². The number of nitrogens with one attached hydrogen (secondary N) is 1. The summed E-state index contributed by atoms with van der Waals surface area (Å²) in [7, 11) is 0. The molecule has 14 heavy (non-hydrogen) atoms. The van der Waals surface area contributed by atoms with Gasteiger partial charge in [-0.05, 0) is 23.8 Å². The maximum absolute atomic E-state index is 5.06. The molecule has 1 heterocycles. The number of aromatic amines is 1. The zero-order valence-corrected chi connectivity index (χ0v) is 9.68.